The van der Waals surface area contributed by atoms with Gasteiger partial charge in [-0.1, -0.05) is 13.0 Å². The number of carbonyl (C=O) groups is 3. The minimum Gasteiger partial charge on any atom is -0.493 e. The molecule has 158 valence electrons. The van der Waals surface area contributed by atoms with Crippen LogP contribution in [0.1, 0.15) is 25.8 Å². The van der Waals surface area contributed by atoms with E-state index < -0.39 is 24.0 Å². The minimum absolute atomic E-state index is 0.00816. The molecule has 1 heterocycles. The van der Waals surface area contributed by atoms with Crippen molar-refractivity contribution in [1.82, 2.24) is 10.6 Å². The maximum Gasteiger partial charge on any atom is 0.338 e. The molecule has 1 aliphatic rings. The van der Waals surface area contributed by atoms with Crippen molar-refractivity contribution in [2.75, 3.05) is 27.4 Å². The Morgan fingerprint density at radius 1 is 1.07 bits per heavy atom. The highest BCUT2D eigenvalue weighted by Gasteiger charge is 2.32. The molecule has 2 rings (SSSR count). The van der Waals surface area contributed by atoms with E-state index in [0.29, 0.717) is 23.5 Å². The highest BCUT2D eigenvalue weighted by atomic mass is 16.5. The number of urea groups is 1. The Hall–Kier alpha value is -3.23. The van der Waals surface area contributed by atoms with E-state index in [0.717, 1.165) is 0 Å². The Bertz CT molecular complexity index is 804. The zero-order chi connectivity index (χ0) is 21.4. The molecule has 0 aliphatic carbocycles. The number of hydrogen-bond acceptors (Lipinski definition) is 7. The van der Waals surface area contributed by atoms with Crippen molar-refractivity contribution in [2.24, 2.45) is 0 Å². The number of nitrogens with one attached hydrogen (secondary N) is 2. The van der Waals surface area contributed by atoms with E-state index in [1.807, 2.05) is 6.92 Å². The molecule has 2 amide bonds. The molecule has 0 bridgehead atoms. The molecular weight excluding hydrogens is 380 g/mol. The van der Waals surface area contributed by atoms with Crippen LogP contribution in [0.5, 0.6) is 11.5 Å². The number of carbonyl (C=O) groups excluding carboxylic acids is 3. The lowest BCUT2D eigenvalue weighted by atomic mass is 10.0. The third-order valence-electron chi connectivity index (χ3n) is 4.32. The van der Waals surface area contributed by atoms with Crippen molar-refractivity contribution >= 4 is 18.0 Å². The molecule has 0 radical (unpaired) electrons. The Morgan fingerprint density at radius 2 is 1.79 bits per heavy atom. The summed E-state index contributed by atoms with van der Waals surface area (Å²) in [5.74, 6) is -0.0232. The van der Waals surface area contributed by atoms with E-state index in [4.69, 9.17) is 18.9 Å². The van der Waals surface area contributed by atoms with Gasteiger partial charge in [0.05, 0.1) is 44.6 Å². The summed E-state index contributed by atoms with van der Waals surface area (Å²) in [5, 5.41) is 5.20. The van der Waals surface area contributed by atoms with Crippen LogP contribution in [-0.4, -0.2) is 51.4 Å². The topological polar surface area (TPSA) is 112 Å². The van der Waals surface area contributed by atoms with Gasteiger partial charge in [-0.25, -0.2) is 9.59 Å². The first kappa shape index (κ1) is 22.1. The summed E-state index contributed by atoms with van der Waals surface area (Å²) in [5.41, 5.74) is 1.15. The van der Waals surface area contributed by atoms with Crippen molar-refractivity contribution in [1.29, 1.82) is 0 Å². The predicted octanol–water partition coefficient (Wildman–Crippen LogP) is 1.70. The zero-order valence-corrected chi connectivity index (χ0v) is 17.0. The van der Waals surface area contributed by atoms with E-state index in [9.17, 15) is 14.4 Å². The van der Waals surface area contributed by atoms with Gasteiger partial charge in [0.1, 0.15) is 6.61 Å². The molecule has 9 heteroatoms. The van der Waals surface area contributed by atoms with Crippen LogP contribution in [0.4, 0.5) is 4.79 Å². The van der Waals surface area contributed by atoms with E-state index in [1.54, 1.807) is 25.1 Å². The van der Waals surface area contributed by atoms with Gasteiger partial charge in [0.2, 0.25) is 0 Å². The van der Waals surface area contributed by atoms with Crippen LogP contribution in [0, 0.1) is 0 Å². The maximum atomic E-state index is 12.3. The third-order valence-corrected chi connectivity index (χ3v) is 4.32. The normalized spacial score (nSPS) is 15.9. The van der Waals surface area contributed by atoms with Crippen LogP contribution in [0.3, 0.4) is 0 Å². The van der Waals surface area contributed by atoms with Crippen LogP contribution >= 0.6 is 0 Å². The van der Waals surface area contributed by atoms with Gasteiger partial charge < -0.3 is 29.6 Å². The smallest absolute Gasteiger partial charge is 0.338 e. The summed E-state index contributed by atoms with van der Waals surface area (Å²) in [7, 11) is 3.03. The Labute approximate surface area is 169 Å². The van der Waals surface area contributed by atoms with Crippen LogP contribution in [0.2, 0.25) is 0 Å². The molecule has 0 saturated carbocycles. The summed E-state index contributed by atoms with van der Waals surface area (Å²) in [4.78, 5) is 36.5. The Balaban J connectivity index is 2.11. The molecule has 0 spiro atoms. The summed E-state index contributed by atoms with van der Waals surface area (Å²) < 4.78 is 20.8. The van der Waals surface area contributed by atoms with Gasteiger partial charge in [-0.05, 0) is 31.0 Å². The van der Waals surface area contributed by atoms with Gasteiger partial charge in [0, 0.05) is 0 Å². The second-order valence-electron chi connectivity index (χ2n) is 6.20. The Kier molecular flexibility index (Phi) is 7.88. The van der Waals surface area contributed by atoms with Crippen LogP contribution in [0.25, 0.3) is 0 Å². The molecule has 0 saturated heterocycles. The molecule has 1 aromatic rings. The number of amides is 2. The first-order valence-corrected chi connectivity index (χ1v) is 9.27. The van der Waals surface area contributed by atoms with E-state index in [1.165, 1.54) is 14.2 Å². The molecule has 9 nitrogen and oxygen atoms in total. The molecule has 2 N–H and O–H groups in total. The first-order valence-electron chi connectivity index (χ1n) is 9.27. The average molecular weight is 406 g/mol. The van der Waals surface area contributed by atoms with Crippen LogP contribution < -0.4 is 20.1 Å². The molecule has 0 fully saturated rings. The standard InChI is InChI=1S/C20H26N2O7/c1-5-13-18(19(24)28-6-2)14(22-20(25)21-13)11-29-17(23)10-12-7-8-15(26-3)16(9-12)27-4/h7-9,13H,5-6,10-11H2,1-4H3,(H2,21,22,25)/t13-/m0/s1. The summed E-state index contributed by atoms with van der Waals surface area (Å²) in [6, 6.07) is 4.13. The maximum absolute atomic E-state index is 12.3. The third kappa shape index (κ3) is 5.63. The average Bonchev–Trinajstić information content (AvgIpc) is 2.71. The minimum atomic E-state index is -0.558. The Morgan fingerprint density at radius 3 is 2.41 bits per heavy atom. The summed E-state index contributed by atoms with van der Waals surface area (Å²) in [6.07, 6.45) is 0.483. The second kappa shape index (κ2) is 10.4. The molecule has 1 aliphatic heterocycles. The lowest BCUT2D eigenvalue weighted by Gasteiger charge is -2.28. The lowest BCUT2D eigenvalue weighted by molar-refractivity contribution is -0.143. The van der Waals surface area contributed by atoms with Crippen molar-refractivity contribution in [3.8, 4) is 11.5 Å². The van der Waals surface area contributed by atoms with Crippen LogP contribution in [0.15, 0.2) is 29.5 Å². The van der Waals surface area contributed by atoms with Crippen molar-refractivity contribution in [3.05, 3.63) is 35.0 Å². The summed E-state index contributed by atoms with van der Waals surface area (Å²) >= 11 is 0. The number of methoxy groups -OCH3 is 2. The van der Waals surface area contributed by atoms with Gasteiger partial charge in [-0.15, -0.1) is 0 Å². The van der Waals surface area contributed by atoms with Gasteiger partial charge in [0.15, 0.2) is 11.5 Å². The highest BCUT2D eigenvalue weighted by Crippen LogP contribution is 2.27. The van der Waals surface area contributed by atoms with Gasteiger partial charge in [-0.2, -0.15) is 0 Å². The molecule has 0 aromatic heterocycles. The molecule has 0 unspecified atom stereocenters. The number of ether oxygens (including phenoxy) is 4. The molecule has 29 heavy (non-hydrogen) atoms. The second-order valence-corrected chi connectivity index (χ2v) is 6.20. The van der Waals surface area contributed by atoms with Crippen molar-refractivity contribution < 1.29 is 33.3 Å². The fourth-order valence-electron chi connectivity index (χ4n) is 2.94. The van der Waals surface area contributed by atoms with E-state index in [-0.39, 0.29) is 30.9 Å². The van der Waals surface area contributed by atoms with E-state index in [2.05, 4.69) is 10.6 Å². The quantitative estimate of drug-likeness (QED) is 0.600. The lowest BCUT2D eigenvalue weighted by Crippen LogP contribution is -2.51. The predicted molar refractivity (Wildman–Crippen MR) is 104 cm³/mol. The number of hydrogen-bond donors (Lipinski definition) is 2. The largest absolute Gasteiger partial charge is 0.493 e. The SMILES string of the molecule is CCOC(=O)C1=C(COC(=O)Cc2ccc(OC)c(OC)c2)NC(=O)N[C@H]1CC. The van der Waals surface area contributed by atoms with E-state index >= 15 is 0 Å². The number of esters is 2. The van der Waals surface area contributed by atoms with Gasteiger partial charge in [-0.3, -0.25) is 4.79 Å². The molecular formula is C20H26N2O7. The zero-order valence-electron chi connectivity index (χ0n) is 17.0. The van der Waals surface area contributed by atoms with Crippen molar-refractivity contribution in [3.63, 3.8) is 0 Å². The fraction of sp³-hybridized carbons (Fsp3) is 0.450. The number of benzene rings is 1. The molecule has 1 aromatic carbocycles. The first-order chi connectivity index (χ1) is 13.9. The fourth-order valence-corrected chi connectivity index (χ4v) is 2.94. The van der Waals surface area contributed by atoms with Crippen molar-refractivity contribution in [2.45, 2.75) is 32.7 Å². The monoisotopic (exact) mass is 406 g/mol. The van der Waals surface area contributed by atoms with Crippen LogP contribution in [-0.2, 0) is 25.5 Å². The summed E-state index contributed by atoms with van der Waals surface area (Å²) in [6.45, 7) is 3.47. The van der Waals surface area contributed by atoms with Gasteiger partial charge in [0.25, 0.3) is 0 Å². The number of rotatable bonds is 9. The highest BCUT2D eigenvalue weighted by molar-refractivity contribution is 5.94. The molecule has 1 atom stereocenters. The van der Waals surface area contributed by atoms with Gasteiger partial charge >= 0.3 is 18.0 Å².